The number of hydrogen-bond donors (Lipinski definition) is 1. The van der Waals surface area contributed by atoms with Gasteiger partial charge in [0.25, 0.3) is 12.2 Å². The minimum atomic E-state index is -1.09. The Labute approximate surface area is 162 Å². The molecule has 0 aliphatic carbocycles. The molecule has 0 aromatic heterocycles. The maximum Gasteiger partial charge on any atom is 0.376 e. The third-order valence-corrected chi connectivity index (χ3v) is 5.03. The molecule has 1 aromatic rings. The van der Waals surface area contributed by atoms with Crippen LogP contribution in [0.15, 0.2) is 34.7 Å². The summed E-state index contributed by atoms with van der Waals surface area (Å²) in [6, 6.07) is 7.37. The molecule has 1 aromatic carbocycles. The average Bonchev–Trinajstić information content (AvgIpc) is 2.97. The van der Waals surface area contributed by atoms with Crippen molar-refractivity contribution >= 4 is 40.2 Å². The van der Waals surface area contributed by atoms with E-state index in [0.717, 1.165) is 24.0 Å². The molecule has 26 heavy (non-hydrogen) atoms. The number of rotatable bonds is 8. The van der Waals surface area contributed by atoms with E-state index in [0.29, 0.717) is 15.0 Å². The summed E-state index contributed by atoms with van der Waals surface area (Å²) < 4.78 is 15.9. The fourth-order valence-electron chi connectivity index (χ4n) is 2.30. The SMILES string of the molecule is CCOC(=O)C(OC)Oc1ccc(CCC(C)=C2SC(=S)NC2=O)cc1. The first kappa shape index (κ1) is 20.4. The highest BCUT2D eigenvalue weighted by molar-refractivity contribution is 8.26. The van der Waals surface area contributed by atoms with Crippen LogP contribution in [-0.4, -0.2) is 36.2 Å². The molecular formula is C18H21NO5S2. The van der Waals surface area contributed by atoms with Gasteiger partial charge in [-0.3, -0.25) is 4.79 Å². The lowest BCUT2D eigenvalue weighted by Gasteiger charge is -2.16. The highest BCUT2D eigenvalue weighted by Crippen LogP contribution is 2.28. The lowest BCUT2D eigenvalue weighted by Crippen LogP contribution is -2.31. The number of thiocarbonyl (C=S) groups is 1. The van der Waals surface area contributed by atoms with Crippen LogP contribution < -0.4 is 10.1 Å². The number of carbonyl (C=O) groups is 2. The van der Waals surface area contributed by atoms with Gasteiger partial charge in [-0.2, -0.15) is 0 Å². The zero-order valence-corrected chi connectivity index (χ0v) is 16.5. The number of carbonyl (C=O) groups excluding carboxylic acids is 2. The molecule has 1 fully saturated rings. The summed E-state index contributed by atoms with van der Waals surface area (Å²) in [7, 11) is 1.38. The molecule has 8 heteroatoms. The van der Waals surface area contributed by atoms with Gasteiger partial charge in [0.15, 0.2) is 0 Å². The van der Waals surface area contributed by atoms with Gasteiger partial charge in [0.2, 0.25) is 0 Å². The van der Waals surface area contributed by atoms with Crippen molar-refractivity contribution in [1.82, 2.24) is 5.32 Å². The molecule has 1 aliphatic rings. The first-order valence-corrected chi connectivity index (χ1v) is 9.35. The second-order valence-corrected chi connectivity index (χ2v) is 7.22. The van der Waals surface area contributed by atoms with E-state index < -0.39 is 12.3 Å². The quantitative estimate of drug-likeness (QED) is 0.314. The van der Waals surface area contributed by atoms with E-state index in [-0.39, 0.29) is 12.5 Å². The Balaban J connectivity index is 1.93. The minimum Gasteiger partial charge on any atom is -0.461 e. The Kier molecular flexibility index (Phi) is 7.62. The third-order valence-electron chi connectivity index (χ3n) is 3.65. The van der Waals surface area contributed by atoms with Crippen LogP contribution in [0.1, 0.15) is 25.8 Å². The second kappa shape index (κ2) is 9.70. The first-order chi connectivity index (χ1) is 12.4. The lowest BCUT2D eigenvalue weighted by molar-refractivity contribution is -0.172. The molecule has 1 amide bonds. The van der Waals surface area contributed by atoms with E-state index in [2.05, 4.69) is 5.32 Å². The number of ether oxygens (including phenoxy) is 3. The van der Waals surface area contributed by atoms with Crippen molar-refractivity contribution < 1.29 is 23.8 Å². The van der Waals surface area contributed by atoms with Crippen LogP contribution in [0.4, 0.5) is 0 Å². The largest absolute Gasteiger partial charge is 0.461 e. The predicted molar refractivity (Wildman–Crippen MR) is 104 cm³/mol. The van der Waals surface area contributed by atoms with Crippen LogP contribution in [0, 0.1) is 0 Å². The minimum absolute atomic E-state index is 0.120. The third kappa shape index (κ3) is 5.55. The number of nitrogens with one attached hydrogen (secondary N) is 1. The van der Waals surface area contributed by atoms with Gasteiger partial charge in [-0.25, -0.2) is 4.79 Å². The van der Waals surface area contributed by atoms with Crippen molar-refractivity contribution in [2.75, 3.05) is 13.7 Å². The Morgan fingerprint density at radius 3 is 2.54 bits per heavy atom. The van der Waals surface area contributed by atoms with Gasteiger partial charge in [0.05, 0.1) is 11.5 Å². The van der Waals surface area contributed by atoms with Gasteiger partial charge in [0, 0.05) is 7.11 Å². The predicted octanol–water partition coefficient (Wildman–Crippen LogP) is 2.96. The fraction of sp³-hybridized carbons (Fsp3) is 0.389. The van der Waals surface area contributed by atoms with Gasteiger partial charge < -0.3 is 19.5 Å². The number of methoxy groups -OCH3 is 1. The summed E-state index contributed by atoms with van der Waals surface area (Å²) in [4.78, 5) is 24.1. The molecule has 0 bridgehead atoms. The summed E-state index contributed by atoms with van der Waals surface area (Å²) in [6.07, 6.45) is 0.443. The molecule has 1 aliphatic heterocycles. The van der Waals surface area contributed by atoms with E-state index in [1.165, 1.54) is 18.9 Å². The lowest BCUT2D eigenvalue weighted by atomic mass is 10.1. The van der Waals surface area contributed by atoms with Gasteiger partial charge in [-0.05, 0) is 44.4 Å². The molecule has 0 saturated carbocycles. The molecule has 0 spiro atoms. The van der Waals surface area contributed by atoms with Crippen LogP contribution in [0.2, 0.25) is 0 Å². The van der Waals surface area contributed by atoms with Crippen molar-refractivity contribution in [3.8, 4) is 5.75 Å². The van der Waals surface area contributed by atoms with Crippen LogP contribution in [0.3, 0.4) is 0 Å². The molecule has 1 unspecified atom stereocenters. The first-order valence-electron chi connectivity index (χ1n) is 8.12. The highest BCUT2D eigenvalue weighted by Gasteiger charge is 2.24. The summed E-state index contributed by atoms with van der Waals surface area (Å²) in [5.74, 6) is -0.169. The van der Waals surface area contributed by atoms with E-state index >= 15 is 0 Å². The molecule has 2 rings (SSSR count). The van der Waals surface area contributed by atoms with Crippen LogP contribution in [0.5, 0.6) is 5.75 Å². The van der Waals surface area contributed by atoms with Crippen molar-refractivity contribution in [3.05, 3.63) is 40.3 Å². The number of benzene rings is 1. The van der Waals surface area contributed by atoms with E-state index in [4.69, 9.17) is 26.4 Å². The normalized spacial score (nSPS) is 16.9. The zero-order chi connectivity index (χ0) is 19.1. The van der Waals surface area contributed by atoms with Crippen LogP contribution in [-0.2, 0) is 25.5 Å². The number of aryl methyl sites for hydroxylation is 1. The number of esters is 1. The zero-order valence-electron chi connectivity index (χ0n) is 14.9. The fourth-order valence-corrected chi connectivity index (χ4v) is 3.39. The number of allylic oxidation sites excluding steroid dienone is 1. The monoisotopic (exact) mass is 395 g/mol. The van der Waals surface area contributed by atoms with Gasteiger partial charge in [-0.1, -0.05) is 41.7 Å². The molecule has 1 heterocycles. The van der Waals surface area contributed by atoms with E-state index in [1.807, 2.05) is 19.1 Å². The van der Waals surface area contributed by atoms with Gasteiger partial charge >= 0.3 is 5.97 Å². The van der Waals surface area contributed by atoms with Gasteiger partial charge in [-0.15, -0.1) is 0 Å². The Morgan fingerprint density at radius 2 is 2.00 bits per heavy atom. The molecule has 0 radical (unpaired) electrons. The topological polar surface area (TPSA) is 73.9 Å². The van der Waals surface area contributed by atoms with Gasteiger partial charge in [0.1, 0.15) is 10.1 Å². The molecule has 1 atom stereocenters. The average molecular weight is 396 g/mol. The summed E-state index contributed by atoms with van der Waals surface area (Å²) >= 11 is 6.31. The Morgan fingerprint density at radius 1 is 1.31 bits per heavy atom. The standard InChI is InChI=1S/C18H21NO5S2/c1-4-23-16(21)17(22-3)24-13-9-7-12(8-10-13)6-5-11(2)14-15(20)19-18(25)26-14/h7-10,17H,4-6H2,1-3H3,(H,19,20,25). The molecule has 140 valence electrons. The molecule has 6 nitrogen and oxygen atoms in total. The summed E-state index contributed by atoms with van der Waals surface area (Å²) in [5.41, 5.74) is 2.10. The Hall–Kier alpha value is -1.90. The number of thioether (sulfide) groups is 1. The summed E-state index contributed by atoms with van der Waals surface area (Å²) in [6.45, 7) is 3.92. The number of hydrogen-bond acceptors (Lipinski definition) is 7. The maximum absolute atomic E-state index is 11.8. The van der Waals surface area contributed by atoms with E-state index in [1.54, 1.807) is 19.1 Å². The molecular weight excluding hydrogens is 374 g/mol. The van der Waals surface area contributed by atoms with Crippen LogP contribution >= 0.6 is 24.0 Å². The van der Waals surface area contributed by atoms with Crippen molar-refractivity contribution in [2.24, 2.45) is 0 Å². The highest BCUT2D eigenvalue weighted by atomic mass is 32.2. The summed E-state index contributed by atoms with van der Waals surface area (Å²) in [5, 5.41) is 2.63. The van der Waals surface area contributed by atoms with Crippen molar-refractivity contribution in [2.45, 2.75) is 33.0 Å². The van der Waals surface area contributed by atoms with Crippen molar-refractivity contribution in [1.29, 1.82) is 0 Å². The second-order valence-electron chi connectivity index (χ2n) is 5.53. The smallest absolute Gasteiger partial charge is 0.376 e. The van der Waals surface area contributed by atoms with Crippen molar-refractivity contribution in [3.63, 3.8) is 0 Å². The molecule has 1 saturated heterocycles. The maximum atomic E-state index is 11.8. The molecule has 1 N–H and O–H groups in total. The number of amides is 1. The van der Waals surface area contributed by atoms with E-state index in [9.17, 15) is 9.59 Å². The van der Waals surface area contributed by atoms with Crippen LogP contribution in [0.25, 0.3) is 0 Å². The Bertz CT molecular complexity index is 715.